The van der Waals surface area contributed by atoms with E-state index in [1.807, 2.05) is 0 Å². The lowest BCUT2D eigenvalue weighted by Crippen LogP contribution is -2.02. The molecule has 1 radical (unpaired) electrons. The highest BCUT2D eigenvalue weighted by molar-refractivity contribution is 7.78. The second-order valence-corrected chi connectivity index (χ2v) is 2.86. The first kappa shape index (κ1) is 8.09. The molecule has 8 heavy (non-hydrogen) atoms. The van der Waals surface area contributed by atoms with Crippen molar-refractivity contribution in [2.24, 2.45) is 11.8 Å². The minimum absolute atomic E-state index is 0.701. The zero-order chi connectivity index (χ0) is 6.57. The van der Waals surface area contributed by atoms with E-state index in [0.717, 1.165) is 12.3 Å². The van der Waals surface area contributed by atoms with Gasteiger partial charge in [0.25, 0.3) is 0 Å². The Hall–Kier alpha value is 0.0900. The van der Waals surface area contributed by atoms with E-state index in [1.54, 1.807) is 0 Å². The predicted octanol–water partition coefficient (Wildman–Crippen LogP) is 2.55. The fraction of sp³-hybridized carbons (Fsp3) is 0.857. The van der Waals surface area contributed by atoms with Crippen molar-refractivity contribution in [2.75, 3.05) is 0 Å². The Morgan fingerprint density at radius 2 is 1.88 bits per heavy atom. The molecule has 0 N–H and O–H groups in total. The fourth-order valence-corrected chi connectivity index (χ4v) is 0.630. The Kier molecular flexibility index (Phi) is 4.06. The first-order valence-electron chi connectivity index (χ1n) is 3.03. The van der Waals surface area contributed by atoms with Crippen LogP contribution in [0.3, 0.4) is 0 Å². The Bertz CT molecular complexity index is 66.8. The Balaban J connectivity index is 3.30. The third-order valence-electron chi connectivity index (χ3n) is 1.54. The monoisotopic (exact) mass is 129 g/mol. The van der Waals surface area contributed by atoms with Crippen molar-refractivity contribution in [3.05, 3.63) is 0 Å². The van der Waals surface area contributed by atoms with Crippen LogP contribution in [0.4, 0.5) is 0 Å². The molecule has 0 aliphatic heterocycles. The van der Waals surface area contributed by atoms with E-state index in [2.05, 4.69) is 38.4 Å². The van der Waals surface area contributed by atoms with Crippen LogP contribution in [0.5, 0.6) is 0 Å². The predicted molar refractivity (Wildman–Crippen MR) is 41.2 cm³/mol. The third kappa shape index (κ3) is 3.14. The van der Waals surface area contributed by atoms with Gasteiger partial charge in [-0.25, -0.2) is 0 Å². The molecule has 1 unspecified atom stereocenters. The van der Waals surface area contributed by atoms with Gasteiger partial charge in [-0.1, -0.05) is 33.0 Å². The average molecular weight is 129 g/mol. The summed E-state index contributed by atoms with van der Waals surface area (Å²) >= 11 is 4.60. The van der Waals surface area contributed by atoms with Crippen molar-refractivity contribution in [3.8, 4) is 0 Å². The molecule has 1 atom stereocenters. The highest BCUT2D eigenvalue weighted by Crippen LogP contribution is 2.11. The van der Waals surface area contributed by atoms with Gasteiger partial charge in [0, 0.05) is 5.37 Å². The van der Waals surface area contributed by atoms with Crippen molar-refractivity contribution in [3.63, 3.8) is 0 Å². The van der Waals surface area contributed by atoms with Gasteiger partial charge in [-0.05, 0) is 18.3 Å². The molecule has 47 valence electrons. The number of thiocarbonyl (C=S) groups is 1. The average Bonchev–Trinajstić information content (AvgIpc) is 1.67. The maximum atomic E-state index is 4.60. The van der Waals surface area contributed by atoms with Crippen LogP contribution in [0.15, 0.2) is 0 Å². The summed E-state index contributed by atoms with van der Waals surface area (Å²) in [6.45, 7) is 6.61. The highest BCUT2D eigenvalue weighted by Gasteiger charge is 2.03. The molecule has 1 heteroatoms. The van der Waals surface area contributed by atoms with E-state index in [1.165, 1.54) is 0 Å². The maximum absolute atomic E-state index is 4.60. The van der Waals surface area contributed by atoms with E-state index in [9.17, 15) is 0 Å². The molecule has 0 nitrogen and oxygen atoms in total. The molecule has 0 aliphatic rings. The summed E-state index contributed by atoms with van der Waals surface area (Å²) in [4.78, 5) is 0. The lowest BCUT2D eigenvalue weighted by Gasteiger charge is -2.10. The smallest absolute Gasteiger partial charge is 0.0294 e. The molecule has 0 bridgehead atoms. The molecule has 0 saturated carbocycles. The van der Waals surface area contributed by atoms with Gasteiger partial charge in [-0.15, -0.1) is 0 Å². The minimum atomic E-state index is 0.701. The molecule has 0 amide bonds. The topological polar surface area (TPSA) is 0 Å². The van der Waals surface area contributed by atoms with Gasteiger partial charge in [0.2, 0.25) is 0 Å². The number of hydrogen-bond donors (Lipinski definition) is 0. The molecule has 0 rings (SSSR count). The zero-order valence-corrected chi connectivity index (χ0v) is 6.59. The van der Waals surface area contributed by atoms with Gasteiger partial charge in [0.05, 0.1) is 0 Å². The Labute approximate surface area is 57.3 Å². The van der Waals surface area contributed by atoms with Crippen LogP contribution < -0.4 is 0 Å². The summed E-state index contributed by atoms with van der Waals surface area (Å²) in [6.07, 6.45) is 0.951. The minimum Gasteiger partial charge on any atom is -0.0837 e. The van der Waals surface area contributed by atoms with E-state index >= 15 is 0 Å². The Morgan fingerprint density at radius 3 is 2.00 bits per heavy atom. The van der Waals surface area contributed by atoms with Crippen molar-refractivity contribution < 1.29 is 0 Å². The lowest BCUT2D eigenvalue weighted by molar-refractivity contribution is 0.437. The number of rotatable bonds is 3. The van der Waals surface area contributed by atoms with Gasteiger partial charge < -0.3 is 0 Å². The van der Waals surface area contributed by atoms with E-state index in [-0.39, 0.29) is 0 Å². The maximum Gasteiger partial charge on any atom is 0.0294 e. The summed E-state index contributed by atoms with van der Waals surface area (Å²) in [7, 11) is 0. The molecule has 0 aromatic carbocycles. The molecule has 0 fully saturated rings. The van der Waals surface area contributed by atoms with Gasteiger partial charge in [-0.2, -0.15) is 0 Å². The third-order valence-corrected chi connectivity index (χ3v) is 1.71. The van der Waals surface area contributed by atoms with E-state index in [0.29, 0.717) is 5.92 Å². The normalized spacial score (nSPS) is 14.0. The molecule has 0 aromatic heterocycles. The van der Waals surface area contributed by atoms with E-state index in [4.69, 9.17) is 0 Å². The van der Waals surface area contributed by atoms with Crippen molar-refractivity contribution in [1.29, 1.82) is 0 Å². The van der Waals surface area contributed by atoms with E-state index < -0.39 is 0 Å². The second-order valence-electron chi connectivity index (χ2n) is 2.57. The van der Waals surface area contributed by atoms with Gasteiger partial charge in [-0.3, -0.25) is 0 Å². The molecule has 0 heterocycles. The standard InChI is InChI=1S/C7H13S/c1-6(2)7(3)4-5-8/h6-7H,4H2,1-3H3. The van der Waals surface area contributed by atoms with Crippen LogP contribution in [0.25, 0.3) is 0 Å². The first-order valence-corrected chi connectivity index (χ1v) is 3.44. The van der Waals surface area contributed by atoms with Gasteiger partial charge >= 0.3 is 0 Å². The summed E-state index contributed by atoms with van der Waals surface area (Å²) < 4.78 is 0. The summed E-state index contributed by atoms with van der Waals surface area (Å²) in [6, 6.07) is 0. The molecule has 0 spiro atoms. The molecule has 0 aliphatic carbocycles. The van der Waals surface area contributed by atoms with Crippen molar-refractivity contribution in [2.45, 2.75) is 27.2 Å². The molecule has 0 saturated heterocycles. The van der Waals surface area contributed by atoms with Crippen LogP contribution in [0.2, 0.25) is 0 Å². The summed E-state index contributed by atoms with van der Waals surface area (Å²) in [5.41, 5.74) is 0. The molecule has 0 aromatic rings. The quantitative estimate of drug-likeness (QED) is 0.528. The first-order chi connectivity index (χ1) is 3.68. The van der Waals surface area contributed by atoms with Gasteiger partial charge in [0.1, 0.15) is 0 Å². The van der Waals surface area contributed by atoms with Crippen LogP contribution in [0, 0.1) is 11.8 Å². The van der Waals surface area contributed by atoms with Crippen LogP contribution in [-0.2, 0) is 0 Å². The van der Waals surface area contributed by atoms with Crippen LogP contribution in [-0.4, -0.2) is 5.37 Å². The summed E-state index contributed by atoms with van der Waals surface area (Å²) in [5.74, 6) is 1.44. The Morgan fingerprint density at radius 1 is 1.38 bits per heavy atom. The second kappa shape index (κ2) is 4.02. The van der Waals surface area contributed by atoms with Crippen molar-refractivity contribution >= 4 is 17.6 Å². The zero-order valence-electron chi connectivity index (χ0n) is 5.77. The molecular weight excluding hydrogens is 116 g/mol. The van der Waals surface area contributed by atoms with Gasteiger partial charge in [0.15, 0.2) is 0 Å². The lowest BCUT2D eigenvalue weighted by atomic mass is 9.96. The van der Waals surface area contributed by atoms with Crippen molar-refractivity contribution in [1.82, 2.24) is 0 Å². The summed E-state index contributed by atoms with van der Waals surface area (Å²) in [5, 5.41) is 2.73. The largest absolute Gasteiger partial charge is 0.0837 e. The number of hydrogen-bond acceptors (Lipinski definition) is 1. The fourth-order valence-electron chi connectivity index (χ4n) is 0.367. The SMILES string of the molecule is CC(C)C(C)C[C]=S. The molecular formula is C7H13S. The van der Waals surface area contributed by atoms with Crippen LogP contribution in [0.1, 0.15) is 27.2 Å². The highest BCUT2D eigenvalue weighted by atomic mass is 32.1. The van der Waals surface area contributed by atoms with Crippen LogP contribution >= 0.6 is 12.2 Å².